The van der Waals surface area contributed by atoms with Crippen LogP contribution in [0.1, 0.15) is 111 Å². The highest BCUT2D eigenvalue weighted by atomic mass is 32.1. The molecule has 0 bridgehead atoms. The van der Waals surface area contributed by atoms with Gasteiger partial charge in [0.15, 0.2) is 0 Å². The van der Waals surface area contributed by atoms with Crippen molar-refractivity contribution in [1.29, 1.82) is 0 Å². The number of ether oxygens (including phenoxy) is 4. The first-order valence-corrected chi connectivity index (χ1v) is 22.1. The molecule has 4 aromatic rings. The van der Waals surface area contributed by atoms with E-state index in [1.54, 1.807) is 30.3 Å². The Kier molecular flexibility index (Phi) is 18.5. The van der Waals surface area contributed by atoms with Gasteiger partial charge < -0.3 is 29.5 Å². The number of aromatic carboxylic acids is 1. The normalized spacial score (nSPS) is 15.1. The van der Waals surface area contributed by atoms with Crippen LogP contribution >= 0.6 is 11.3 Å². The minimum absolute atomic E-state index is 0.0653. The number of benzene rings is 3. The summed E-state index contributed by atoms with van der Waals surface area (Å²) < 4.78 is 23.3. The second kappa shape index (κ2) is 24.4. The van der Waals surface area contributed by atoms with Crippen LogP contribution in [0.4, 0.5) is 0 Å². The van der Waals surface area contributed by atoms with E-state index in [9.17, 15) is 24.3 Å². The highest BCUT2D eigenvalue weighted by Gasteiger charge is 2.28. The molecule has 5 rings (SSSR count). The summed E-state index contributed by atoms with van der Waals surface area (Å²) in [7, 11) is 0. The number of hydrogen-bond donors (Lipinski definition) is 2. The molecule has 3 aromatic carbocycles. The monoisotopic (exact) mass is 851 g/mol. The van der Waals surface area contributed by atoms with E-state index in [0.717, 1.165) is 106 Å². The molecule has 1 saturated carbocycles. The van der Waals surface area contributed by atoms with Crippen LogP contribution in [0, 0.1) is 11.8 Å². The Hall–Kier alpha value is -5.82. The average molecular weight is 852 g/mol. The maximum Gasteiger partial charge on any atom is 0.336 e. The third-order valence-electron chi connectivity index (χ3n) is 10.7. The second-order valence-corrected chi connectivity index (χ2v) is 16.1. The van der Waals surface area contributed by atoms with Crippen molar-refractivity contribution in [3.05, 3.63) is 102 Å². The molecule has 0 atom stereocenters. The fraction of sp³-hybridized carbons (Fsp3) is 0.417. The summed E-state index contributed by atoms with van der Waals surface area (Å²) >= 11 is 1.46. The number of fused-ring (bicyclic) bond motifs is 1. The predicted octanol–water partition coefficient (Wildman–Crippen LogP) is 10.1. The number of hydrogen-bond acceptors (Lipinski definition) is 12. The molecule has 1 aliphatic carbocycles. The van der Waals surface area contributed by atoms with Gasteiger partial charge in [-0.3, -0.25) is 4.79 Å². The van der Waals surface area contributed by atoms with Crippen molar-refractivity contribution in [3.63, 3.8) is 0 Å². The van der Waals surface area contributed by atoms with Gasteiger partial charge in [0.25, 0.3) is 0 Å². The lowest BCUT2D eigenvalue weighted by Gasteiger charge is -2.26. The van der Waals surface area contributed by atoms with Crippen molar-refractivity contribution in [3.8, 4) is 22.6 Å². The van der Waals surface area contributed by atoms with Gasteiger partial charge in [0.2, 0.25) is 0 Å². The van der Waals surface area contributed by atoms with Gasteiger partial charge in [-0.25, -0.2) is 19.4 Å². The molecule has 324 valence electrons. The molecule has 12 nitrogen and oxygen atoms in total. The van der Waals surface area contributed by atoms with Crippen LogP contribution in [0.25, 0.3) is 21.3 Å². The average Bonchev–Trinajstić information content (AvgIpc) is 3.71. The summed E-state index contributed by atoms with van der Waals surface area (Å²) in [6.07, 6.45) is 13.4. The van der Waals surface area contributed by atoms with Gasteiger partial charge in [-0.2, -0.15) is 5.10 Å². The summed E-state index contributed by atoms with van der Waals surface area (Å²) in [5.74, 6) is -0.990. The molecular formula is C48H57N3O9S. The molecule has 0 saturated heterocycles. The van der Waals surface area contributed by atoms with Gasteiger partial charge >= 0.3 is 23.9 Å². The Labute approximate surface area is 362 Å². The van der Waals surface area contributed by atoms with Crippen LogP contribution in [-0.2, 0) is 23.9 Å². The minimum Gasteiger partial charge on any atom is -0.494 e. The Morgan fingerprint density at radius 1 is 0.787 bits per heavy atom. The molecule has 13 heteroatoms. The topological polar surface area (TPSA) is 163 Å². The Bertz CT molecular complexity index is 2120. The van der Waals surface area contributed by atoms with E-state index >= 15 is 0 Å². The van der Waals surface area contributed by atoms with E-state index in [2.05, 4.69) is 25.5 Å². The van der Waals surface area contributed by atoms with E-state index in [4.69, 9.17) is 29.0 Å². The molecule has 0 amide bonds. The maximum atomic E-state index is 13.6. The van der Waals surface area contributed by atoms with Crippen LogP contribution in [-0.4, -0.2) is 66.0 Å². The van der Waals surface area contributed by atoms with Crippen LogP contribution in [0.5, 0.6) is 11.5 Å². The zero-order chi connectivity index (χ0) is 43.4. The van der Waals surface area contributed by atoms with Crippen molar-refractivity contribution in [2.75, 3.05) is 26.4 Å². The van der Waals surface area contributed by atoms with Gasteiger partial charge in [0, 0.05) is 29.8 Å². The first-order chi connectivity index (χ1) is 29.7. The van der Waals surface area contributed by atoms with E-state index in [-0.39, 0.29) is 17.5 Å². The lowest BCUT2D eigenvalue weighted by molar-refractivity contribution is -0.140. The first kappa shape index (κ1) is 46.2. The van der Waals surface area contributed by atoms with Crippen LogP contribution in [0.3, 0.4) is 0 Å². The van der Waals surface area contributed by atoms with Gasteiger partial charge in [-0.15, -0.1) is 11.3 Å². The van der Waals surface area contributed by atoms with Crippen LogP contribution < -0.4 is 14.9 Å². The zero-order valence-corrected chi connectivity index (χ0v) is 35.9. The lowest BCUT2D eigenvalue weighted by Crippen LogP contribution is -2.25. The largest absolute Gasteiger partial charge is 0.494 e. The van der Waals surface area contributed by atoms with Gasteiger partial charge in [0.1, 0.15) is 22.2 Å². The van der Waals surface area contributed by atoms with Crippen LogP contribution in [0.15, 0.2) is 91.1 Å². The molecule has 2 N–H and O–H groups in total. The Morgan fingerprint density at radius 2 is 1.44 bits per heavy atom. The number of carboxylic acids is 1. The van der Waals surface area contributed by atoms with Crippen molar-refractivity contribution >= 4 is 51.1 Å². The number of para-hydroxylation sites is 1. The first-order valence-electron chi connectivity index (χ1n) is 21.3. The summed E-state index contributed by atoms with van der Waals surface area (Å²) in [6.45, 7) is 10.6. The van der Waals surface area contributed by atoms with Gasteiger partial charge in [-0.1, -0.05) is 45.1 Å². The summed E-state index contributed by atoms with van der Waals surface area (Å²) in [6, 6.07) is 17.9. The molecule has 61 heavy (non-hydrogen) atoms. The molecule has 0 unspecified atom stereocenters. The highest BCUT2D eigenvalue weighted by Crippen LogP contribution is 2.37. The Morgan fingerprint density at radius 3 is 2.10 bits per heavy atom. The second-order valence-electron chi connectivity index (χ2n) is 15.0. The van der Waals surface area contributed by atoms with Crippen molar-refractivity contribution in [1.82, 2.24) is 10.4 Å². The number of aromatic nitrogens is 1. The molecule has 1 aliphatic rings. The molecule has 0 aliphatic heterocycles. The third kappa shape index (κ3) is 14.1. The standard InChI is InChI=1S/C48H57N3O9S/c1-4-33-19-21-34(22-20-33)48(56)60-36-24-25-37(39-31-35(23-26-38(39)47(54)55)57-28-14-9-10-16-30-59-44(53)6-3)40(32-36)45(46-50-41-17-11-12-18-42(41)61-46)51-49-27-13-7-8-15-29-58-43(52)5-2/h5-6,11-12,17-18,23-26,31-34,49H,2-4,7-10,13-16,19-22,27-30H2,1H3,(H,54,55). The number of carbonyl (C=O) groups is 4. The van der Waals surface area contributed by atoms with E-state index in [1.807, 2.05) is 24.3 Å². The number of rotatable bonds is 25. The minimum atomic E-state index is -1.11. The maximum absolute atomic E-state index is 13.6. The molecule has 0 radical (unpaired) electrons. The molecule has 1 aromatic heterocycles. The molecular weight excluding hydrogens is 795 g/mol. The van der Waals surface area contributed by atoms with E-state index < -0.39 is 17.9 Å². The number of nitrogens with one attached hydrogen (secondary N) is 1. The molecule has 0 spiro atoms. The fourth-order valence-corrected chi connectivity index (χ4v) is 8.22. The van der Waals surface area contributed by atoms with Gasteiger partial charge in [0.05, 0.1) is 41.5 Å². The zero-order valence-electron chi connectivity index (χ0n) is 35.0. The van der Waals surface area contributed by atoms with E-state index in [1.165, 1.54) is 17.4 Å². The quantitative estimate of drug-likeness (QED) is 0.0163. The smallest absolute Gasteiger partial charge is 0.336 e. The number of unbranched alkanes of at least 4 members (excludes halogenated alkanes) is 6. The summed E-state index contributed by atoms with van der Waals surface area (Å²) in [5, 5.41) is 16.0. The number of thiazole rings is 1. The van der Waals surface area contributed by atoms with Crippen molar-refractivity contribution in [2.24, 2.45) is 16.9 Å². The summed E-state index contributed by atoms with van der Waals surface area (Å²) in [4.78, 5) is 54.0. The Balaban J connectivity index is 1.45. The third-order valence-corrected chi connectivity index (χ3v) is 11.8. The number of esters is 3. The number of nitrogens with zero attached hydrogens (tertiary/aromatic N) is 2. The predicted molar refractivity (Wildman–Crippen MR) is 238 cm³/mol. The molecule has 1 heterocycles. The lowest BCUT2D eigenvalue weighted by atomic mass is 9.81. The number of hydrazone groups is 1. The number of carbonyl (C=O) groups excluding carboxylic acids is 3. The fourth-order valence-electron chi connectivity index (χ4n) is 7.25. The molecule has 1 fully saturated rings. The van der Waals surface area contributed by atoms with Crippen LogP contribution in [0.2, 0.25) is 0 Å². The number of carboxylic acid groups (broad SMARTS) is 1. The highest BCUT2D eigenvalue weighted by molar-refractivity contribution is 7.20. The van der Waals surface area contributed by atoms with Gasteiger partial charge in [-0.05, 0) is 131 Å². The van der Waals surface area contributed by atoms with Crippen molar-refractivity contribution < 1.29 is 43.2 Å². The van der Waals surface area contributed by atoms with Crippen molar-refractivity contribution in [2.45, 2.75) is 90.4 Å². The summed E-state index contributed by atoms with van der Waals surface area (Å²) in [5.41, 5.74) is 6.05. The SMILES string of the molecule is C=CC(=O)OCCCCCCNN=C(c1nc2ccccc2s1)c1cc(OC(=O)C2CCC(CC)CC2)ccc1-c1cc(OCCCCCCOC(=O)C=C)ccc1C(=O)O. The van der Waals surface area contributed by atoms with E-state index in [0.29, 0.717) is 71.2 Å².